The number of hydrogen-bond donors (Lipinski definition) is 1. The third-order valence-corrected chi connectivity index (χ3v) is 3.55. The molecule has 0 aliphatic carbocycles. The number of carbonyl (C=O) groups is 2. The van der Waals surface area contributed by atoms with Crippen molar-refractivity contribution in [3.8, 4) is 0 Å². The van der Waals surface area contributed by atoms with Crippen molar-refractivity contribution >= 4 is 35.2 Å². The third-order valence-electron chi connectivity index (χ3n) is 2.71. The number of amides is 1. The Morgan fingerprint density at radius 2 is 2.20 bits per heavy atom. The Bertz CT molecular complexity index is 513. The number of hydrogen-bond acceptors (Lipinski definition) is 5. The van der Waals surface area contributed by atoms with E-state index in [2.05, 4.69) is 9.97 Å². The SMILES string of the molecule is CCN(C(=O)c1nc(SC)ncc1Cl)C(C)CC(=O)O. The van der Waals surface area contributed by atoms with Gasteiger partial charge >= 0.3 is 5.97 Å². The monoisotopic (exact) mass is 317 g/mol. The van der Waals surface area contributed by atoms with Crippen LogP contribution in [0.15, 0.2) is 11.4 Å². The number of aliphatic carboxylic acids is 1. The van der Waals surface area contributed by atoms with E-state index in [-0.39, 0.29) is 23.0 Å². The van der Waals surface area contributed by atoms with Crippen LogP contribution >= 0.6 is 23.4 Å². The van der Waals surface area contributed by atoms with E-state index in [1.54, 1.807) is 20.1 Å². The molecule has 1 atom stereocenters. The van der Waals surface area contributed by atoms with Gasteiger partial charge in [-0.1, -0.05) is 23.4 Å². The van der Waals surface area contributed by atoms with Gasteiger partial charge in [0.05, 0.1) is 17.6 Å². The Hall–Kier alpha value is -1.34. The number of rotatable bonds is 6. The quantitative estimate of drug-likeness (QED) is 0.639. The summed E-state index contributed by atoms with van der Waals surface area (Å²) in [5.41, 5.74) is 0.102. The maximum Gasteiger partial charge on any atom is 0.305 e. The van der Waals surface area contributed by atoms with Gasteiger partial charge in [0.1, 0.15) is 0 Å². The number of thioether (sulfide) groups is 1. The molecule has 0 saturated carbocycles. The van der Waals surface area contributed by atoms with E-state index < -0.39 is 12.0 Å². The van der Waals surface area contributed by atoms with Crippen LogP contribution in [0.3, 0.4) is 0 Å². The number of carboxylic acids is 1. The predicted octanol–water partition coefficient (Wildman–Crippen LogP) is 2.18. The van der Waals surface area contributed by atoms with Gasteiger partial charge in [-0.25, -0.2) is 9.97 Å². The van der Waals surface area contributed by atoms with Gasteiger partial charge in [0.25, 0.3) is 5.91 Å². The molecule has 8 heteroatoms. The summed E-state index contributed by atoms with van der Waals surface area (Å²) in [5, 5.41) is 9.43. The Morgan fingerprint density at radius 1 is 1.55 bits per heavy atom. The van der Waals surface area contributed by atoms with E-state index in [9.17, 15) is 9.59 Å². The van der Waals surface area contributed by atoms with Crippen molar-refractivity contribution in [2.24, 2.45) is 0 Å². The third kappa shape index (κ3) is 4.08. The summed E-state index contributed by atoms with van der Waals surface area (Å²) >= 11 is 7.26. The lowest BCUT2D eigenvalue weighted by atomic mass is 10.2. The Kier molecular flexibility index (Phi) is 6.22. The predicted molar refractivity (Wildman–Crippen MR) is 77.2 cm³/mol. The topological polar surface area (TPSA) is 83.4 Å². The highest BCUT2D eigenvalue weighted by Gasteiger charge is 2.25. The molecule has 0 aliphatic heterocycles. The lowest BCUT2D eigenvalue weighted by Gasteiger charge is -2.26. The van der Waals surface area contributed by atoms with E-state index >= 15 is 0 Å². The van der Waals surface area contributed by atoms with E-state index in [4.69, 9.17) is 16.7 Å². The molecule has 1 heterocycles. The van der Waals surface area contributed by atoms with Crippen LogP contribution in [0, 0.1) is 0 Å². The fourth-order valence-corrected chi connectivity index (χ4v) is 2.27. The highest BCUT2D eigenvalue weighted by Crippen LogP contribution is 2.19. The first-order chi connectivity index (χ1) is 9.40. The molecule has 1 unspecified atom stereocenters. The van der Waals surface area contributed by atoms with Gasteiger partial charge in [-0.2, -0.15) is 0 Å². The van der Waals surface area contributed by atoms with E-state index in [0.717, 1.165) is 0 Å². The van der Waals surface area contributed by atoms with Crippen LogP contribution < -0.4 is 0 Å². The summed E-state index contributed by atoms with van der Waals surface area (Å²) in [6.45, 7) is 3.84. The molecule has 0 aliphatic rings. The van der Waals surface area contributed by atoms with Gasteiger partial charge in [-0.05, 0) is 20.1 Å². The summed E-state index contributed by atoms with van der Waals surface area (Å²) in [6, 6.07) is -0.436. The van der Waals surface area contributed by atoms with Gasteiger partial charge in [0.15, 0.2) is 10.9 Å². The largest absolute Gasteiger partial charge is 0.481 e. The number of carboxylic acid groups (broad SMARTS) is 1. The number of halogens is 1. The summed E-state index contributed by atoms with van der Waals surface area (Å²) in [5.74, 6) is -1.34. The molecule has 20 heavy (non-hydrogen) atoms. The van der Waals surface area contributed by atoms with Crippen molar-refractivity contribution in [1.29, 1.82) is 0 Å². The Balaban J connectivity index is 3.04. The highest BCUT2D eigenvalue weighted by atomic mass is 35.5. The van der Waals surface area contributed by atoms with E-state index in [1.165, 1.54) is 22.9 Å². The van der Waals surface area contributed by atoms with Crippen LogP contribution in [-0.2, 0) is 4.79 Å². The van der Waals surface area contributed by atoms with Crippen molar-refractivity contribution in [3.63, 3.8) is 0 Å². The zero-order valence-corrected chi connectivity index (χ0v) is 13.0. The summed E-state index contributed by atoms with van der Waals surface area (Å²) in [6.07, 6.45) is 3.04. The average molecular weight is 318 g/mol. The Labute approximate surface area is 126 Å². The fraction of sp³-hybridized carbons (Fsp3) is 0.500. The van der Waals surface area contributed by atoms with Crippen LogP contribution in [0.5, 0.6) is 0 Å². The molecule has 0 radical (unpaired) electrons. The van der Waals surface area contributed by atoms with Crippen LogP contribution in [0.4, 0.5) is 0 Å². The molecule has 1 amide bonds. The Morgan fingerprint density at radius 3 is 2.70 bits per heavy atom. The fourth-order valence-electron chi connectivity index (χ4n) is 1.75. The first kappa shape index (κ1) is 16.7. The normalized spacial score (nSPS) is 12.0. The maximum atomic E-state index is 12.4. The van der Waals surface area contributed by atoms with Gasteiger partial charge in [-0.15, -0.1) is 0 Å². The zero-order valence-electron chi connectivity index (χ0n) is 11.5. The molecule has 0 aromatic carbocycles. The second kappa shape index (κ2) is 7.44. The molecule has 1 rings (SSSR count). The summed E-state index contributed by atoms with van der Waals surface area (Å²) in [4.78, 5) is 32.7. The minimum absolute atomic E-state index is 0.102. The second-order valence-electron chi connectivity index (χ2n) is 4.09. The van der Waals surface area contributed by atoms with Crippen molar-refractivity contribution in [2.75, 3.05) is 12.8 Å². The molecule has 110 valence electrons. The average Bonchev–Trinajstić information content (AvgIpc) is 2.39. The highest BCUT2D eigenvalue weighted by molar-refractivity contribution is 7.98. The van der Waals surface area contributed by atoms with Gasteiger partial charge in [-0.3, -0.25) is 9.59 Å². The zero-order chi connectivity index (χ0) is 15.3. The number of carbonyl (C=O) groups excluding carboxylic acids is 1. The van der Waals surface area contributed by atoms with E-state index in [1.807, 2.05) is 0 Å². The van der Waals surface area contributed by atoms with Crippen LogP contribution in [0.2, 0.25) is 5.02 Å². The number of aromatic nitrogens is 2. The molecule has 0 spiro atoms. The number of nitrogens with zero attached hydrogens (tertiary/aromatic N) is 3. The van der Waals surface area contributed by atoms with Crippen molar-refractivity contribution in [2.45, 2.75) is 31.5 Å². The molecule has 1 aromatic heterocycles. The standard InChI is InChI=1S/C12H16ClN3O3S/c1-4-16(7(2)5-9(17)18)11(19)10-8(13)6-14-12(15-10)20-3/h6-7H,4-5H2,1-3H3,(H,17,18). The van der Waals surface area contributed by atoms with Gasteiger partial charge in [0, 0.05) is 12.6 Å². The lowest BCUT2D eigenvalue weighted by Crippen LogP contribution is -2.40. The maximum absolute atomic E-state index is 12.4. The smallest absolute Gasteiger partial charge is 0.305 e. The van der Waals surface area contributed by atoms with Crippen molar-refractivity contribution in [3.05, 3.63) is 16.9 Å². The van der Waals surface area contributed by atoms with Gasteiger partial charge < -0.3 is 10.0 Å². The molecule has 0 saturated heterocycles. The van der Waals surface area contributed by atoms with Crippen LogP contribution in [0.25, 0.3) is 0 Å². The minimum atomic E-state index is -0.956. The summed E-state index contributed by atoms with van der Waals surface area (Å²) < 4.78 is 0. The molecular formula is C12H16ClN3O3S. The second-order valence-corrected chi connectivity index (χ2v) is 5.27. The first-order valence-electron chi connectivity index (χ1n) is 6.00. The molecule has 6 nitrogen and oxygen atoms in total. The molecule has 0 bridgehead atoms. The van der Waals surface area contributed by atoms with Crippen molar-refractivity contribution < 1.29 is 14.7 Å². The van der Waals surface area contributed by atoms with Crippen LogP contribution in [-0.4, -0.2) is 50.7 Å². The van der Waals surface area contributed by atoms with Crippen molar-refractivity contribution in [1.82, 2.24) is 14.9 Å². The van der Waals surface area contributed by atoms with Crippen LogP contribution in [0.1, 0.15) is 30.8 Å². The summed E-state index contributed by atoms with van der Waals surface area (Å²) in [7, 11) is 0. The first-order valence-corrected chi connectivity index (χ1v) is 7.60. The van der Waals surface area contributed by atoms with Gasteiger partial charge in [0.2, 0.25) is 0 Å². The molecule has 1 N–H and O–H groups in total. The lowest BCUT2D eigenvalue weighted by molar-refractivity contribution is -0.138. The molecule has 1 aromatic rings. The van der Waals surface area contributed by atoms with E-state index in [0.29, 0.717) is 11.7 Å². The molecular weight excluding hydrogens is 302 g/mol. The minimum Gasteiger partial charge on any atom is -0.481 e. The molecule has 0 fully saturated rings.